The smallest absolute Gasteiger partial charge is 0.227 e. The SMILES string of the molecule is OCCN1CCN(c2cc(Nc3ncc(Cl)c(-c4c[nH]c5ccccc45)n3)cc(C3CC3)c2)CC1. The van der Waals surface area contributed by atoms with Gasteiger partial charge in [0.2, 0.25) is 5.95 Å². The summed E-state index contributed by atoms with van der Waals surface area (Å²) in [4.78, 5) is 17.3. The first kappa shape index (κ1) is 22.3. The summed E-state index contributed by atoms with van der Waals surface area (Å²) in [5.74, 6) is 1.17. The van der Waals surface area contributed by atoms with E-state index >= 15 is 0 Å². The van der Waals surface area contributed by atoms with Crippen LogP contribution in [0.25, 0.3) is 22.2 Å². The van der Waals surface area contributed by atoms with Gasteiger partial charge in [0.05, 0.1) is 23.5 Å². The lowest BCUT2D eigenvalue weighted by atomic mass is 10.1. The van der Waals surface area contributed by atoms with Gasteiger partial charge in [0.25, 0.3) is 0 Å². The Morgan fingerprint density at radius 2 is 1.91 bits per heavy atom. The number of nitrogens with one attached hydrogen (secondary N) is 2. The van der Waals surface area contributed by atoms with Crippen LogP contribution in [-0.4, -0.2) is 64.3 Å². The van der Waals surface area contributed by atoms with Crippen molar-refractivity contribution in [2.24, 2.45) is 0 Å². The number of H-pyrrole nitrogens is 1. The van der Waals surface area contributed by atoms with E-state index in [4.69, 9.17) is 16.6 Å². The molecule has 1 saturated carbocycles. The number of hydrogen-bond acceptors (Lipinski definition) is 6. The van der Waals surface area contributed by atoms with Gasteiger partial charge in [-0.1, -0.05) is 29.8 Å². The molecule has 0 atom stereocenters. The maximum Gasteiger partial charge on any atom is 0.227 e. The average Bonchev–Trinajstić information content (AvgIpc) is 3.65. The summed E-state index contributed by atoms with van der Waals surface area (Å²) in [5.41, 5.74) is 6.31. The molecule has 8 heteroatoms. The highest BCUT2D eigenvalue weighted by molar-refractivity contribution is 6.33. The van der Waals surface area contributed by atoms with Crippen LogP contribution in [0, 0.1) is 0 Å². The number of nitrogens with zero attached hydrogens (tertiary/aromatic N) is 4. The van der Waals surface area contributed by atoms with E-state index in [0.717, 1.165) is 54.9 Å². The number of aliphatic hydroxyl groups excluding tert-OH is 1. The summed E-state index contributed by atoms with van der Waals surface area (Å²) in [5, 5.41) is 14.3. The molecular formula is C27H29ClN6O. The van der Waals surface area contributed by atoms with Crippen LogP contribution in [0.5, 0.6) is 0 Å². The largest absolute Gasteiger partial charge is 0.395 e. The van der Waals surface area contributed by atoms with Crippen LogP contribution in [0.3, 0.4) is 0 Å². The third-order valence-electron chi connectivity index (χ3n) is 6.99. The van der Waals surface area contributed by atoms with Crippen molar-refractivity contribution in [1.29, 1.82) is 0 Å². The number of aromatic amines is 1. The predicted molar refractivity (Wildman–Crippen MR) is 142 cm³/mol. The third kappa shape index (κ3) is 4.72. The molecule has 7 nitrogen and oxygen atoms in total. The van der Waals surface area contributed by atoms with Crippen molar-refractivity contribution >= 4 is 39.8 Å². The lowest BCUT2D eigenvalue weighted by Gasteiger charge is -2.36. The van der Waals surface area contributed by atoms with Crippen LogP contribution in [0.15, 0.2) is 54.9 Å². The second-order valence-electron chi connectivity index (χ2n) is 9.40. The number of aromatic nitrogens is 3. The van der Waals surface area contributed by atoms with E-state index in [1.807, 2.05) is 24.4 Å². The molecule has 0 spiro atoms. The molecule has 4 aromatic rings. The highest BCUT2D eigenvalue weighted by Gasteiger charge is 2.26. The van der Waals surface area contributed by atoms with Gasteiger partial charge in [0, 0.05) is 66.8 Å². The Morgan fingerprint density at radius 1 is 1.09 bits per heavy atom. The molecule has 2 aromatic heterocycles. The highest BCUT2D eigenvalue weighted by Crippen LogP contribution is 2.43. The molecule has 1 saturated heterocycles. The number of β-amino-alcohol motifs (C(OH)–C–C–N with tert-alkyl or cyclic N) is 1. The molecule has 0 radical (unpaired) electrons. The third-order valence-corrected chi connectivity index (χ3v) is 7.26. The second-order valence-corrected chi connectivity index (χ2v) is 9.81. The van der Waals surface area contributed by atoms with Gasteiger partial charge >= 0.3 is 0 Å². The zero-order chi connectivity index (χ0) is 23.8. The Bertz CT molecular complexity index is 1340. The second kappa shape index (κ2) is 9.49. The molecule has 2 aromatic carbocycles. The van der Waals surface area contributed by atoms with Crippen molar-refractivity contribution < 1.29 is 5.11 Å². The minimum atomic E-state index is 0.215. The van der Waals surface area contributed by atoms with Crippen molar-refractivity contribution in [3.63, 3.8) is 0 Å². The van der Waals surface area contributed by atoms with Crippen LogP contribution in [0.4, 0.5) is 17.3 Å². The molecule has 1 aliphatic heterocycles. The lowest BCUT2D eigenvalue weighted by Crippen LogP contribution is -2.47. The van der Waals surface area contributed by atoms with E-state index in [0.29, 0.717) is 22.6 Å². The fourth-order valence-electron chi connectivity index (χ4n) is 4.93. The molecule has 0 unspecified atom stereocenters. The number of benzene rings is 2. The van der Waals surface area contributed by atoms with Crippen molar-refractivity contribution in [3.05, 3.63) is 65.4 Å². The number of aliphatic hydroxyl groups is 1. The van der Waals surface area contributed by atoms with Gasteiger partial charge in [0.1, 0.15) is 0 Å². The van der Waals surface area contributed by atoms with Crippen LogP contribution in [0.1, 0.15) is 24.3 Å². The maximum absolute atomic E-state index is 9.25. The Hall–Kier alpha value is -3.13. The molecule has 35 heavy (non-hydrogen) atoms. The number of rotatable bonds is 7. The fourth-order valence-corrected chi connectivity index (χ4v) is 5.12. The van der Waals surface area contributed by atoms with E-state index in [1.165, 1.54) is 24.1 Å². The molecule has 3 N–H and O–H groups in total. The first-order valence-corrected chi connectivity index (χ1v) is 12.6. The van der Waals surface area contributed by atoms with Gasteiger partial charge in [0.15, 0.2) is 0 Å². The van der Waals surface area contributed by atoms with Gasteiger partial charge in [-0.2, -0.15) is 0 Å². The lowest BCUT2D eigenvalue weighted by molar-refractivity contribution is 0.189. The van der Waals surface area contributed by atoms with Gasteiger partial charge in [-0.25, -0.2) is 9.97 Å². The monoisotopic (exact) mass is 488 g/mol. The van der Waals surface area contributed by atoms with Gasteiger partial charge in [-0.05, 0) is 48.6 Å². The Kier molecular flexibility index (Phi) is 6.06. The van der Waals surface area contributed by atoms with E-state index in [9.17, 15) is 5.11 Å². The molecule has 0 bridgehead atoms. The summed E-state index contributed by atoms with van der Waals surface area (Å²) in [6, 6.07) is 14.9. The van der Waals surface area contributed by atoms with Crippen molar-refractivity contribution in [2.45, 2.75) is 18.8 Å². The zero-order valence-corrected chi connectivity index (χ0v) is 20.3. The molecule has 2 fully saturated rings. The molecule has 2 aliphatic rings. The van der Waals surface area contributed by atoms with Crippen molar-refractivity contribution in [3.8, 4) is 11.3 Å². The van der Waals surface area contributed by atoms with Crippen LogP contribution in [-0.2, 0) is 0 Å². The summed E-state index contributed by atoms with van der Waals surface area (Å²) >= 11 is 6.53. The number of anilines is 3. The van der Waals surface area contributed by atoms with Gasteiger partial charge in [-0.15, -0.1) is 0 Å². The maximum atomic E-state index is 9.25. The quantitative estimate of drug-likeness (QED) is 0.339. The van der Waals surface area contributed by atoms with Gasteiger partial charge < -0.3 is 20.3 Å². The molecule has 1 aliphatic carbocycles. The highest BCUT2D eigenvalue weighted by atomic mass is 35.5. The minimum Gasteiger partial charge on any atom is -0.395 e. The number of para-hydroxylation sites is 1. The molecule has 6 rings (SSSR count). The Balaban J connectivity index is 1.29. The number of piperazine rings is 1. The predicted octanol–water partition coefficient (Wildman–Crippen LogP) is 5.01. The zero-order valence-electron chi connectivity index (χ0n) is 19.5. The summed E-state index contributed by atoms with van der Waals surface area (Å²) in [7, 11) is 0. The molecule has 0 amide bonds. The number of hydrogen-bond donors (Lipinski definition) is 3. The number of fused-ring (bicyclic) bond motifs is 1. The Labute approximate surface area is 209 Å². The average molecular weight is 489 g/mol. The van der Waals surface area contributed by atoms with E-state index in [-0.39, 0.29) is 6.61 Å². The van der Waals surface area contributed by atoms with E-state index < -0.39 is 0 Å². The normalized spacial score (nSPS) is 16.7. The Morgan fingerprint density at radius 3 is 2.71 bits per heavy atom. The summed E-state index contributed by atoms with van der Waals surface area (Å²) in [6.07, 6.45) is 6.11. The van der Waals surface area contributed by atoms with Crippen molar-refractivity contribution in [2.75, 3.05) is 49.5 Å². The standard InChI is InChI=1S/C27H29ClN6O/c28-24-17-30-27(32-26(24)23-16-29-25-4-2-1-3-22(23)25)31-20-13-19(18-5-6-18)14-21(15-20)34-9-7-33(8-10-34)11-12-35/h1-4,13-18,29,35H,5-12H2,(H,30,31,32). The molecule has 3 heterocycles. The first-order chi connectivity index (χ1) is 17.2. The topological polar surface area (TPSA) is 80.3 Å². The molecule has 180 valence electrons. The van der Waals surface area contributed by atoms with Crippen LogP contribution < -0.4 is 10.2 Å². The fraction of sp³-hybridized carbons (Fsp3) is 0.333. The van der Waals surface area contributed by atoms with E-state index in [2.05, 4.69) is 49.4 Å². The summed E-state index contributed by atoms with van der Waals surface area (Å²) < 4.78 is 0. The van der Waals surface area contributed by atoms with E-state index in [1.54, 1.807) is 6.20 Å². The van der Waals surface area contributed by atoms with Gasteiger partial charge in [-0.3, -0.25) is 4.90 Å². The number of halogens is 1. The first-order valence-electron chi connectivity index (χ1n) is 12.3. The minimum absolute atomic E-state index is 0.215. The van der Waals surface area contributed by atoms with Crippen molar-refractivity contribution in [1.82, 2.24) is 19.9 Å². The van der Waals surface area contributed by atoms with Crippen LogP contribution >= 0.6 is 11.6 Å². The van der Waals surface area contributed by atoms with Crippen LogP contribution in [0.2, 0.25) is 5.02 Å². The summed E-state index contributed by atoms with van der Waals surface area (Å²) in [6.45, 7) is 4.80. The molecular weight excluding hydrogens is 460 g/mol.